The normalized spacial score (nSPS) is 15.5. The van der Waals surface area contributed by atoms with Crippen LogP contribution in [0.1, 0.15) is 18.1 Å². The van der Waals surface area contributed by atoms with Gasteiger partial charge < -0.3 is 9.47 Å². The number of nitrogens with zero attached hydrogens (tertiary/aromatic N) is 1. The molecule has 2 aromatic carbocycles. The number of likely N-dealkylation sites (N-methyl/N-ethyl adjacent to an activating group) is 1. The average Bonchev–Trinajstić information content (AvgIpc) is 2.89. The fourth-order valence-corrected chi connectivity index (χ4v) is 3.84. The van der Waals surface area contributed by atoms with Gasteiger partial charge in [-0.05, 0) is 36.8 Å². The number of amides is 1. The van der Waals surface area contributed by atoms with Crippen molar-refractivity contribution < 1.29 is 14.3 Å². The van der Waals surface area contributed by atoms with Crippen molar-refractivity contribution in [3.05, 3.63) is 63.5 Å². The second-order valence-corrected chi connectivity index (χ2v) is 7.84. The minimum atomic E-state index is -0.0954. The van der Waals surface area contributed by atoms with E-state index in [9.17, 15) is 4.79 Å². The standard InChI is InChI=1S/C20H18ClNO3S2/c1-3-24-17-10-13(11-18-19(23)22(2)20(26)27-18)8-9-16(17)25-12-14-6-4-5-7-15(14)21/h4-11H,3,12H2,1-2H3/b18-11-. The van der Waals surface area contributed by atoms with E-state index in [1.54, 1.807) is 7.05 Å². The smallest absolute Gasteiger partial charge is 0.265 e. The van der Waals surface area contributed by atoms with Gasteiger partial charge in [-0.1, -0.05) is 59.8 Å². The fraction of sp³-hybridized carbons (Fsp3) is 0.200. The third kappa shape index (κ3) is 4.64. The first kappa shape index (κ1) is 19.7. The lowest BCUT2D eigenvalue weighted by atomic mass is 10.1. The SMILES string of the molecule is CCOc1cc(/C=C2\SC(=S)N(C)C2=O)ccc1OCc1ccccc1Cl. The van der Waals surface area contributed by atoms with Crippen molar-refractivity contribution in [3.63, 3.8) is 0 Å². The molecule has 1 amide bonds. The van der Waals surface area contributed by atoms with Gasteiger partial charge in [0.25, 0.3) is 5.91 Å². The molecule has 0 spiro atoms. The fourth-order valence-electron chi connectivity index (χ4n) is 2.47. The van der Waals surface area contributed by atoms with E-state index in [1.807, 2.05) is 55.5 Å². The number of carbonyl (C=O) groups excluding carboxylic acids is 1. The molecule has 27 heavy (non-hydrogen) atoms. The molecular formula is C20H18ClNO3S2. The Morgan fingerprint density at radius 2 is 1.96 bits per heavy atom. The van der Waals surface area contributed by atoms with Crippen LogP contribution in [0.4, 0.5) is 0 Å². The lowest BCUT2D eigenvalue weighted by Gasteiger charge is -2.13. The molecule has 2 aromatic rings. The highest BCUT2D eigenvalue weighted by Gasteiger charge is 2.28. The maximum atomic E-state index is 12.2. The van der Waals surface area contributed by atoms with Crippen molar-refractivity contribution in [3.8, 4) is 11.5 Å². The Morgan fingerprint density at radius 1 is 1.19 bits per heavy atom. The average molecular weight is 420 g/mol. The maximum Gasteiger partial charge on any atom is 0.265 e. The molecule has 7 heteroatoms. The highest BCUT2D eigenvalue weighted by Crippen LogP contribution is 2.34. The maximum absolute atomic E-state index is 12.2. The lowest BCUT2D eigenvalue weighted by Crippen LogP contribution is -2.22. The molecular weight excluding hydrogens is 402 g/mol. The summed E-state index contributed by atoms with van der Waals surface area (Å²) in [5.74, 6) is 1.14. The van der Waals surface area contributed by atoms with Gasteiger partial charge in [0.2, 0.25) is 0 Å². The molecule has 1 aliphatic heterocycles. The van der Waals surface area contributed by atoms with Gasteiger partial charge in [0.15, 0.2) is 11.5 Å². The van der Waals surface area contributed by atoms with E-state index in [4.69, 9.17) is 33.3 Å². The van der Waals surface area contributed by atoms with Gasteiger partial charge in [-0.2, -0.15) is 0 Å². The van der Waals surface area contributed by atoms with Crippen molar-refractivity contribution in [1.29, 1.82) is 0 Å². The van der Waals surface area contributed by atoms with E-state index in [2.05, 4.69) is 0 Å². The summed E-state index contributed by atoms with van der Waals surface area (Å²) in [5.41, 5.74) is 1.75. The van der Waals surface area contributed by atoms with E-state index in [0.717, 1.165) is 11.1 Å². The van der Waals surface area contributed by atoms with E-state index >= 15 is 0 Å². The zero-order valence-corrected chi connectivity index (χ0v) is 17.3. The van der Waals surface area contributed by atoms with E-state index in [-0.39, 0.29) is 5.91 Å². The van der Waals surface area contributed by atoms with E-state index in [1.165, 1.54) is 16.7 Å². The summed E-state index contributed by atoms with van der Waals surface area (Å²) in [6, 6.07) is 13.1. The number of thioether (sulfide) groups is 1. The Hall–Kier alpha value is -2.02. The second kappa shape index (κ2) is 8.78. The molecule has 3 rings (SSSR count). The van der Waals surface area contributed by atoms with Gasteiger partial charge in [-0.3, -0.25) is 9.69 Å². The molecule has 1 heterocycles. The molecule has 0 radical (unpaired) electrons. The van der Waals surface area contributed by atoms with Crippen molar-refractivity contribution in [2.75, 3.05) is 13.7 Å². The Balaban J connectivity index is 1.81. The van der Waals surface area contributed by atoms with Gasteiger partial charge in [0, 0.05) is 17.6 Å². The monoisotopic (exact) mass is 419 g/mol. The predicted octanol–water partition coefficient (Wildman–Crippen LogP) is 5.15. The van der Waals surface area contributed by atoms with Crippen LogP contribution in [0.2, 0.25) is 5.02 Å². The second-order valence-electron chi connectivity index (χ2n) is 5.76. The molecule has 140 valence electrons. The first-order valence-corrected chi connectivity index (χ1v) is 9.94. The van der Waals surface area contributed by atoms with E-state index in [0.29, 0.717) is 39.0 Å². The number of benzene rings is 2. The third-order valence-electron chi connectivity index (χ3n) is 3.89. The number of rotatable bonds is 6. The third-order valence-corrected chi connectivity index (χ3v) is 5.75. The van der Waals surface area contributed by atoms with Crippen molar-refractivity contribution in [1.82, 2.24) is 4.90 Å². The Morgan fingerprint density at radius 3 is 2.63 bits per heavy atom. The molecule has 0 aromatic heterocycles. The van der Waals surface area contributed by atoms with Crippen LogP contribution in [-0.2, 0) is 11.4 Å². The number of hydrogen-bond acceptors (Lipinski definition) is 5. The zero-order valence-electron chi connectivity index (χ0n) is 14.9. The summed E-state index contributed by atoms with van der Waals surface area (Å²) < 4.78 is 12.2. The van der Waals surface area contributed by atoms with Crippen LogP contribution in [0, 0.1) is 0 Å². The van der Waals surface area contributed by atoms with Crippen LogP contribution < -0.4 is 9.47 Å². The number of thiocarbonyl (C=S) groups is 1. The summed E-state index contributed by atoms with van der Waals surface area (Å²) in [6.07, 6.45) is 1.81. The number of halogens is 1. The molecule has 0 N–H and O–H groups in total. The number of ether oxygens (including phenoxy) is 2. The Bertz CT molecular complexity index is 914. The van der Waals surface area contributed by atoms with Crippen LogP contribution in [0.15, 0.2) is 47.4 Å². The minimum absolute atomic E-state index is 0.0954. The topological polar surface area (TPSA) is 38.8 Å². The van der Waals surface area contributed by atoms with Crippen molar-refractivity contribution in [2.45, 2.75) is 13.5 Å². The quantitative estimate of drug-likeness (QED) is 0.478. The highest BCUT2D eigenvalue weighted by atomic mass is 35.5. The lowest BCUT2D eigenvalue weighted by molar-refractivity contribution is -0.121. The zero-order chi connectivity index (χ0) is 19.4. The van der Waals surface area contributed by atoms with Crippen LogP contribution >= 0.6 is 35.6 Å². The number of carbonyl (C=O) groups is 1. The van der Waals surface area contributed by atoms with Crippen molar-refractivity contribution >= 4 is 51.9 Å². The van der Waals surface area contributed by atoms with Gasteiger partial charge in [-0.15, -0.1) is 0 Å². The molecule has 0 atom stereocenters. The van der Waals surface area contributed by atoms with Crippen LogP contribution in [-0.4, -0.2) is 28.8 Å². The first-order chi connectivity index (χ1) is 13.0. The molecule has 4 nitrogen and oxygen atoms in total. The molecule has 1 fully saturated rings. The highest BCUT2D eigenvalue weighted by molar-refractivity contribution is 8.26. The predicted molar refractivity (Wildman–Crippen MR) is 114 cm³/mol. The van der Waals surface area contributed by atoms with Gasteiger partial charge >= 0.3 is 0 Å². The summed E-state index contributed by atoms with van der Waals surface area (Å²) in [4.78, 5) is 14.2. The van der Waals surface area contributed by atoms with Gasteiger partial charge in [0.1, 0.15) is 10.9 Å². The van der Waals surface area contributed by atoms with Gasteiger partial charge in [0.05, 0.1) is 11.5 Å². The summed E-state index contributed by atoms with van der Waals surface area (Å²) in [7, 11) is 1.68. The molecule has 0 aliphatic carbocycles. The van der Waals surface area contributed by atoms with Gasteiger partial charge in [-0.25, -0.2) is 0 Å². The minimum Gasteiger partial charge on any atom is -0.490 e. The molecule has 0 saturated carbocycles. The van der Waals surface area contributed by atoms with Crippen molar-refractivity contribution in [2.24, 2.45) is 0 Å². The van der Waals surface area contributed by atoms with Crippen LogP contribution in [0.3, 0.4) is 0 Å². The largest absolute Gasteiger partial charge is 0.490 e. The summed E-state index contributed by atoms with van der Waals surface area (Å²) >= 11 is 12.6. The molecule has 1 saturated heterocycles. The van der Waals surface area contributed by atoms with E-state index < -0.39 is 0 Å². The molecule has 0 bridgehead atoms. The summed E-state index contributed by atoms with van der Waals surface area (Å²) in [5, 5.41) is 0.661. The summed E-state index contributed by atoms with van der Waals surface area (Å²) in [6.45, 7) is 2.75. The number of hydrogen-bond donors (Lipinski definition) is 0. The van der Waals surface area contributed by atoms with Crippen LogP contribution in [0.25, 0.3) is 6.08 Å². The van der Waals surface area contributed by atoms with Crippen LogP contribution in [0.5, 0.6) is 11.5 Å². The first-order valence-electron chi connectivity index (χ1n) is 8.34. The molecule has 0 unspecified atom stereocenters. The Labute approximate surface area is 173 Å². The Kier molecular flexibility index (Phi) is 6.42. The molecule has 1 aliphatic rings.